The van der Waals surface area contributed by atoms with Crippen molar-refractivity contribution in [2.75, 3.05) is 25.5 Å². The number of amides is 1. The molecule has 2 N–H and O–H groups in total. The van der Waals surface area contributed by atoms with E-state index in [2.05, 4.69) is 29.3 Å². The molecule has 1 aliphatic carbocycles. The lowest BCUT2D eigenvalue weighted by atomic mass is 9.66. The molecule has 4 rings (SSSR count). The van der Waals surface area contributed by atoms with Crippen LogP contribution in [0.1, 0.15) is 54.8 Å². The molecule has 2 aliphatic rings. The highest BCUT2D eigenvalue weighted by molar-refractivity contribution is 5.93. The number of fused-ring (bicyclic) bond motifs is 1. The van der Waals surface area contributed by atoms with Crippen molar-refractivity contribution in [2.24, 2.45) is 5.92 Å². The molecule has 2 aromatic rings. The molecule has 0 unspecified atom stereocenters. The molecular weight excluding hydrogens is 388 g/mol. The van der Waals surface area contributed by atoms with Crippen LogP contribution in [0.4, 0.5) is 5.69 Å². The summed E-state index contributed by atoms with van der Waals surface area (Å²) in [5, 5.41) is 14.6. The number of nitrogens with zero attached hydrogens (tertiary/aromatic N) is 1. The van der Waals surface area contributed by atoms with Crippen LogP contribution in [0.2, 0.25) is 0 Å². The fraction of sp³-hybridized carbons (Fsp3) is 0.500. The summed E-state index contributed by atoms with van der Waals surface area (Å²) < 4.78 is 5.68. The second kappa shape index (κ2) is 9.01. The van der Waals surface area contributed by atoms with Crippen LogP contribution in [-0.4, -0.2) is 41.7 Å². The number of carbonyl (C=O) groups excluding carboxylic acids is 1. The van der Waals surface area contributed by atoms with E-state index in [-0.39, 0.29) is 17.9 Å². The second-order valence-electron chi connectivity index (χ2n) is 9.23. The van der Waals surface area contributed by atoms with E-state index in [1.165, 1.54) is 5.56 Å². The van der Waals surface area contributed by atoms with Gasteiger partial charge >= 0.3 is 0 Å². The van der Waals surface area contributed by atoms with Crippen LogP contribution in [0, 0.1) is 19.8 Å². The zero-order valence-corrected chi connectivity index (χ0v) is 18.9. The van der Waals surface area contributed by atoms with Gasteiger partial charge in [0.05, 0.1) is 19.3 Å². The molecule has 0 spiro atoms. The first-order chi connectivity index (χ1) is 14.9. The standard InChI is InChI=1S/C26H34N2O3/c1-18-11-12-22(19(2)16-18)27-24(29)17-28-15-14-26(30)13-7-6-9-21(26)25(28)20-8-4-5-10-23(20)31-3/h4-5,8,10-12,16,21,25,30H,6-7,9,13-15,17H2,1-3H3,(H,27,29)/t21-,25+,26-/m1/s1. The van der Waals surface area contributed by atoms with Gasteiger partial charge in [-0.25, -0.2) is 0 Å². The van der Waals surface area contributed by atoms with Crippen molar-refractivity contribution in [3.63, 3.8) is 0 Å². The van der Waals surface area contributed by atoms with Crippen molar-refractivity contribution >= 4 is 11.6 Å². The van der Waals surface area contributed by atoms with E-state index in [1.54, 1.807) is 7.11 Å². The lowest BCUT2D eigenvalue weighted by molar-refractivity contribution is -0.135. The number of likely N-dealkylation sites (tertiary alicyclic amines) is 1. The quantitative estimate of drug-likeness (QED) is 0.738. The number of para-hydroxylation sites is 1. The molecule has 166 valence electrons. The van der Waals surface area contributed by atoms with E-state index >= 15 is 0 Å². The maximum absolute atomic E-state index is 13.0. The van der Waals surface area contributed by atoms with Gasteiger partial charge in [0.2, 0.25) is 5.91 Å². The number of anilines is 1. The normalized spacial score (nSPS) is 26.2. The maximum atomic E-state index is 13.0. The third-order valence-electron chi connectivity index (χ3n) is 7.13. The van der Waals surface area contributed by atoms with Crippen LogP contribution in [0.5, 0.6) is 5.75 Å². The Morgan fingerprint density at radius 3 is 2.77 bits per heavy atom. The maximum Gasteiger partial charge on any atom is 0.238 e. The van der Waals surface area contributed by atoms with Gasteiger partial charge in [-0.3, -0.25) is 9.69 Å². The Morgan fingerprint density at radius 1 is 1.19 bits per heavy atom. The number of ether oxygens (including phenoxy) is 1. The molecule has 1 aliphatic heterocycles. The van der Waals surface area contributed by atoms with E-state index in [4.69, 9.17) is 4.74 Å². The molecule has 1 amide bonds. The van der Waals surface area contributed by atoms with Crippen LogP contribution in [0.15, 0.2) is 42.5 Å². The Balaban J connectivity index is 1.61. The van der Waals surface area contributed by atoms with Gasteiger partial charge in [0.1, 0.15) is 5.75 Å². The van der Waals surface area contributed by atoms with E-state index in [9.17, 15) is 9.90 Å². The summed E-state index contributed by atoms with van der Waals surface area (Å²) in [5.74, 6) is 0.899. The average molecular weight is 423 g/mol. The van der Waals surface area contributed by atoms with Crippen molar-refractivity contribution in [2.45, 2.75) is 57.6 Å². The third kappa shape index (κ3) is 4.48. The molecule has 31 heavy (non-hydrogen) atoms. The number of aliphatic hydroxyl groups is 1. The molecule has 0 bridgehead atoms. The highest BCUT2D eigenvalue weighted by Gasteiger charge is 2.49. The fourth-order valence-corrected chi connectivity index (χ4v) is 5.57. The van der Waals surface area contributed by atoms with E-state index in [0.29, 0.717) is 19.5 Å². The molecule has 0 aromatic heterocycles. The predicted molar refractivity (Wildman–Crippen MR) is 123 cm³/mol. The van der Waals surface area contributed by atoms with Gasteiger partial charge in [-0.1, -0.05) is 48.7 Å². The molecule has 2 aromatic carbocycles. The topological polar surface area (TPSA) is 61.8 Å². The Bertz CT molecular complexity index is 944. The highest BCUT2D eigenvalue weighted by atomic mass is 16.5. The predicted octanol–water partition coefficient (Wildman–Crippen LogP) is 4.62. The van der Waals surface area contributed by atoms with Gasteiger partial charge in [-0.2, -0.15) is 0 Å². The van der Waals surface area contributed by atoms with Crippen molar-refractivity contribution in [3.8, 4) is 5.75 Å². The Kier molecular flexibility index (Phi) is 6.35. The summed E-state index contributed by atoms with van der Waals surface area (Å²) in [7, 11) is 1.69. The number of benzene rings is 2. The van der Waals surface area contributed by atoms with Crippen LogP contribution < -0.4 is 10.1 Å². The van der Waals surface area contributed by atoms with Crippen LogP contribution in [-0.2, 0) is 4.79 Å². The van der Waals surface area contributed by atoms with Crippen LogP contribution in [0.3, 0.4) is 0 Å². The lowest BCUT2D eigenvalue weighted by Gasteiger charge is -2.52. The Hall–Kier alpha value is -2.37. The molecule has 3 atom stereocenters. The summed E-state index contributed by atoms with van der Waals surface area (Å²) in [5.41, 5.74) is 3.50. The summed E-state index contributed by atoms with van der Waals surface area (Å²) in [6.45, 7) is 5.05. The molecule has 5 heteroatoms. The van der Waals surface area contributed by atoms with Gasteiger partial charge in [-0.15, -0.1) is 0 Å². The molecule has 2 fully saturated rings. The van der Waals surface area contributed by atoms with Gasteiger partial charge in [0.25, 0.3) is 0 Å². The number of nitrogens with one attached hydrogen (secondary N) is 1. The average Bonchev–Trinajstić information content (AvgIpc) is 2.75. The van der Waals surface area contributed by atoms with Crippen molar-refractivity contribution < 1.29 is 14.6 Å². The zero-order chi connectivity index (χ0) is 22.0. The van der Waals surface area contributed by atoms with E-state index < -0.39 is 5.60 Å². The van der Waals surface area contributed by atoms with Gasteiger partial charge in [0.15, 0.2) is 0 Å². The largest absolute Gasteiger partial charge is 0.496 e. The summed E-state index contributed by atoms with van der Waals surface area (Å²) >= 11 is 0. The number of methoxy groups -OCH3 is 1. The summed E-state index contributed by atoms with van der Waals surface area (Å²) in [6, 6.07) is 14.1. The van der Waals surface area contributed by atoms with Crippen LogP contribution in [0.25, 0.3) is 0 Å². The number of piperidine rings is 1. The Morgan fingerprint density at radius 2 is 2.00 bits per heavy atom. The minimum Gasteiger partial charge on any atom is -0.496 e. The molecule has 1 saturated carbocycles. The molecule has 0 radical (unpaired) electrons. The van der Waals surface area contributed by atoms with Crippen molar-refractivity contribution in [1.82, 2.24) is 4.90 Å². The molecule has 5 nitrogen and oxygen atoms in total. The zero-order valence-electron chi connectivity index (χ0n) is 18.9. The van der Waals surface area contributed by atoms with E-state index in [0.717, 1.165) is 48.2 Å². The SMILES string of the molecule is COc1ccccc1[C@H]1[C@H]2CCCC[C@@]2(O)CCN1CC(=O)Nc1ccc(C)cc1C. The summed E-state index contributed by atoms with van der Waals surface area (Å²) in [4.78, 5) is 15.3. The first kappa shape index (κ1) is 21.8. The van der Waals surface area contributed by atoms with Gasteiger partial charge in [-0.05, 0) is 50.8 Å². The van der Waals surface area contributed by atoms with Crippen molar-refractivity contribution in [3.05, 3.63) is 59.2 Å². The molecule has 1 heterocycles. The number of carbonyl (C=O) groups is 1. The number of aryl methyl sites for hydroxylation is 2. The highest BCUT2D eigenvalue weighted by Crippen LogP contribution is 2.50. The first-order valence-corrected chi connectivity index (χ1v) is 11.4. The molecular formula is C26H34N2O3. The van der Waals surface area contributed by atoms with Crippen molar-refractivity contribution in [1.29, 1.82) is 0 Å². The fourth-order valence-electron chi connectivity index (χ4n) is 5.57. The lowest BCUT2D eigenvalue weighted by Crippen LogP contribution is -2.56. The number of hydrogen-bond donors (Lipinski definition) is 2. The summed E-state index contributed by atoms with van der Waals surface area (Å²) in [6.07, 6.45) is 4.69. The number of hydrogen-bond acceptors (Lipinski definition) is 4. The molecule has 1 saturated heterocycles. The van der Waals surface area contributed by atoms with E-state index in [1.807, 2.05) is 37.3 Å². The van der Waals surface area contributed by atoms with Crippen LogP contribution >= 0.6 is 0 Å². The monoisotopic (exact) mass is 422 g/mol. The van der Waals surface area contributed by atoms with Gasteiger partial charge in [0, 0.05) is 29.8 Å². The Labute approximate surface area is 185 Å². The number of rotatable bonds is 5. The third-order valence-corrected chi connectivity index (χ3v) is 7.13. The first-order valence-electron chi connectivity index (χ1n) is 11.4. The minimum atomic E-state index is -0.662. The second-order valence-corrected chi connectivity index (χ2v) is 9.23. The smallest absolute Gasteiger partial charge is 0.238 e. The van der Waals surface area contributed by atoms with Gasteiger partial charge < -0.3 is 15.2 Å². The minimum absolute atomic E-state index is 0.0203.